The highest BCUT2D eigenvalue weighted by atomic mass is 16.6. The number of benzene rings is 2. The molecule has 0 bridgehead atoms. The predicted molar refractivity (Wildman–Crippen MR) is 124 cm³/mol. The van der Waals surface area contributed by atoms with Gasteiger partial charge >= 0.3 is 0 Å². The van der Waals surface area contributed by atoms with E-state index < -0.39 is 0 Å². The van der Waals surface area contributed by atoms with Gasteiger partial charge in [-0.05, 0) is 73.6 Å². The second-order valence-corrected chi connectivity index (χ2v) is 8.58. The molecule has 1 aromatic heterocycles. The predicted octanol–water partition coefficient (Wildman–Crippen LogP) is 4.74. The van der Waals surface area contributed by atoms with E-state index in [1.165, 1.54) is 31.2 Å². The standard InChI is InChI=1S/C26H30N2O4/c1-29-21-7-8-23-22(15-21)24(10-11-27-23)32-17-18-2-5-20(6-3-18)28-16-19-4-9-25-26(14-19)31-13-12-30-25/h4,7-11,14-15,18,20,28H,2-3,5-6,12-13,16-17H2,1H3/t18-,20-. The van der Waals surface area contributed by atoms with Gasteiger partial charge in [-0.3, -0.25) is 4.98 Å². The molecular weight excluding hydrogens is 404 g/mol. The maximum absolute atomic E-state index is 6.23. The van der Waals surface area contributed by atoms with E-state index in [0.717, 1.165) is 47.1 Å². The molecule has 6 heteroatoms. The molecule has 1 N–H and O–H groups in total. The highest BCUT2D eigenvalue weighted by Gasteiger charge is 2.22. The van der Waals surface area contributed by atoms with Crippen LogP contribution in [0, 0.1) is 5.92 Å². The molecule has 1 aliphatic heterocycles. The van der Waals surface area contributed by atoms with Gasteiger partial charge in [0.05, 0.1) is 19.2 Å². The molecule has 1 saturated carbocycles. The zero-order valence-electron chi connectivity index (χ0n) is 18.5. The summed E-state index contributed by atoms with van der Waals surface area (Å²) in [6.07, 6.45) is 6.49. The zero-order valence-corrected chi connectivity index (χ0v) is 18.5. The summed E-state index contributed by atoms with van der Waals surface area (Å²) in [6.45, 7) is 2.85. The lowest BCUT2D eigenvalue weighted by atomic mass is 9.86. The summed E-state index contributed by atoms with van der Waals surface area (Å²) >= 11 is 0. The summed E-state index contributed by atoms with van der Waals surface area (Å²) in [6, 6.07) is 14.6. The Morgan fingerprint density at radius 3 is 2.66 bits per heavy atom. The van der Waals surface area contributed by atoms with Gasteiger partial charge in [0.1, 0.15) is 24.7 Å². The molecule has 3 aromatic rings. The Balaban J connectivity index is 1.10. The van der Waals surface area contributed by atoms with Gasteiger partial charge < -0.3 is 24.3 Å². The molecule has 0 radical (unpaired) electrons. The van der Waals surface area contributed by atoms with Crippen LogP contribution in [0.1, 0.15) is 31.2 Å². The largest absolute Gasteiger partial charge is 0.497 e. The molecule has 5 rings (SSSR count). The van der Waals surface area contributed by atoms with E-state index in [2.05, 4.69) is 22.4 Å². The molecule has 1 aliphatic carbocycles. The molecule has 32 heavy (non-hydrogen) atoms. The number of hydrogen-bond acceptors (Lipinski definition) is 6. The number of nitrogens with zero attached hydrogens (tertiary/aromatic N) is 1. The molecule has 168 valence electrons. The lowest BCUT2D eigenvalue weighted by Crippen LogP contribution is -2.34. The quantitative estimate of drug-likeness (QED) is 0.580. The van der Waals surface area contributed by atoms with Crippen LogP contribution in [0.3, 0.4) is 0 Å². The molecule has 1 fully saturated rings. The molecule has 0 amide bonds. The lowest BCUT2D eigenvalue weighted by Gasteiger charge is -2.29. The fourth-order valence-corrected chi connectivity index (χ4v) is 4.55. The first-order valence-corrected chi connectivity index (χ1v) is 11.5. The number of pyridine rings is 1. The molecule has 6 nitrogen and oxygen atoms in total. The molecule has 0 saturated heterocycles. The third kappa shape index (κ3) is 4.75. The first kappa shape index (κ1) is 20.9. The van der Waals surface area contributed by atoms with Gasteiger partial charge in [-0.1, -0.05) is 6.07 Å². The topological polar surface area (TPSA) is 61.8 Å². The second kappa shape index (κ2) is 9.65. The van der Waals surface area contributed by atoms with Crippen molar-refractivity contribution in [1.82, 2.24) is 10.3 Å². The van der Waals surface area contributed by atoms with E-state index >= 15 is 0 Å². The van der Waals surface area contributed by atoms with Gasteiger partial charge in [-0.2, -0.15) is 0 Å². The van der Waals surface area contributed by atoms with Crippen LogP contribution in [0.25, 0.3) is 10.9 Å². The van der Waals surface area contributed by atoms with Crippen LogP contribution in [0.15, 0.2) is 48.7 Å². The summed E-state index contributed by atoms with van der Waals surface area (Å²) in [5.41, 5.74) is 2.16. The molecule has 2 aliphatic rings. The minimum atomic E-state index is 0.547. The number of fused-ring (bicyclic) bond motifs is 2. The Kier molecular flexibility index (Phi) is 6.30. The van der Waals surface area contributed by atoms with Gasteiger partial charge in [0.15, 0.2) is 11.5 Å². The summed E-state index contributed by atoms with van der Waals surface area (Å²) in [4.78, 5) is 4.43. The van der Waals surface area contributed by atoms with Crippen molar-refractivity contribution in [3.8, 4) is 23.0 Å². The van der Waals surface area contributed by atoms with Crippen molar-refractivity contribution < 1.29 is 18.9 Å². The SMILES string of the molecule is COc1ccc2nccc(OC[C@H]3CC[C@H](NCc4ccc5c(c4)OCCO5)CC3)c2c1. The van der Waals surface area contributed by atoms with Crippen LogP contribution in [0.5, 0.6) is 23.0 Å². The van der Waals surface area contributed by atoms with Crippen molar-refractivity contribution in [3.05, 3.63) is 54.2 Å². The lowest BCUT2D eigenvalue weighted by molar-refractivity contribution is 0.171. The van der Waals surface area contributed by atoms with Gasteiger partial charge in [0, 0.05) is 24.2 Å². The first-order valence-electron chi connectivity index (χ1n) is 11.5. The number of rotatable bonds is 7. The Bertz CT molecular complexity index is 1060. The minimum absolute atomic E-state index is 0.547. The Labute approximate surface area is 188 Å². The third-order valence-electron chi connectivity index (χ3n) is 6.43. The number of ether oxygens (including phenoxy) is 4. The van der Waals surface area contributed by atoms with Crippen LogP contribution in [0.2, 0.25) is 0 Å². The Morgan fingerprint density at radius 2 is 1.81 bits per heavy atom. The van der Waals surface area contributed by atoms with Crippen LogP contribution >= 0.6 is 0 Å². The van der Waals surface area contributed by atoms with Crippen molar-refractivity contribution in [2.24, 2.45) is 5.92 Å². The molecular formula is C26H30N2O4. The van der Waals surface area contributed by atoms with E-state index in [9.17, 15) is 0 Å². The molecule has 2 heterocycles. The highest BCUT2D eigenvalue weighted by Crippen LogP contribution is 2.32. The van der Waals surface area contributed by atoms with Crippen LogP contribution in [-0.2, 0) is 6.54 Å². The molecule has 0 unspecified atom stereocenters. The molecule has 0 atom stereocenters. The highest BCUT2D eigenvalue weighted by molar-refractivity contribution is 5.86. The molecule has 2 aromatic carbocycles. The minimum Gasteiger partial charge on any atom is -0.497 e. The van der Waals surface area contributed by atoms with E-state index in [-0.39, 0.29) is 0 Å². The Morgan fingerprint density at radius 1 is 0.969 bits per heavy atom. The summed E-state index contributed by atoms with van der Waals surface area (Å²) in [7, 11) is 1.68. The van der Waals surface area contributed by atoms with Crippen LogP contribution < -0.4 is 24.3 Å². The normalized spacial score (nSPS) is 20.2. The van der Waals surface area contributed by atoms with Crippen LogP contribution in [-0.4, -0.2) is 38.0 Å². The maximum atomic E-state index is 6.23. The van der Waals surface area contributed by atoms with E-state index in [0.29, 0.717) is 25.2 Å². The average molecular weight is 435 g/mol. The number of nitrogens with one attached hydrogen (secondary N) is 1. The van der Waals surface area contributed by atoms with Crippen molar-refractivity contribution in [2.45, 2.75) is 38.3 Å². The fourth-order valence-electron chi connectivity index (χ4n) is 4.55. The van der Waals surface area contributed by atoms with E-state index in [4.69, 9.17) is 18.9 Å². The summed E-state index contributed by atoms with van der Waals surface area (Å²) in [5, 5.41) is 4.72. The number of hydrogen-bond donors (Lipinski definition) is 1. The molecule has 0 spiro atoms. The zero-order chi connectivity index (χ0) is 21.8. The summed E-state index contributed by atoms with van der Waals surface area (Å²) < 4.78 is 22.9. The number of methoxy groups -OCH3 is 1. The van der Waals surface area contributed by atoms with Gasteiger partial charge in [0.2, 0.25) is 0 Å². The maximum Gasteiger partial charge on any atom is 0.161 e. The van der Waals surface area contributed by atoms with Gasteiger partial charge in [-0.15, -0.1) is 0 Å². The van der Waals surface area contributed by atoms with E-state index in [1.54, 1.807) is 7.11 Å². The van der Waals surface area contributed by atoms with Crippen molar-refractivity contribution in [2.75, 3.05) is 26.9 Å². The van der Waals surface area contributed by atoms with Gasteiger partial charge in [0.25, 0.3) is 0 Å². The van der Waals surface area contributed by atoms with Crippen LogP contribution in [0.4, 0.5) is 0 Å². The van der Waals surface area contributed by atoms with E-state index in [1.807, 2.05) is 36.5 Å². The second-order valence-electron chi connectivity index (χ2n) is 8.58. The average Bonchev–Trinajstić information content (AvgIpc) is 2.86. The first-order chi connectivity index (χ1) is 15.8. The van der Waals surface area contributed by atoms with Crippen molar-refractivity contribution >= 4 is 10.9 Å². The fraction of sp³-hybridized carbons (Fsp3) is 0.423. The third-order valence-corrected chi connectivity index (χ3v) is 6.43. The smallest absolute Gasteiger partial charge is 0.161 e. The Hall–Kier alpha value is -2.99. The number of aromatic nitrogens is 1. The summed E-state index contributed by atoms with van der Waals surface area (Å²) in [5.74, 6) is 3.99. The van der Waals surface area contributed by atoms with Crippen molar-refractivity contribution in [1.29, 1.82) is 0 Å². The monoisotopic (exact) mass is 434 g/mol. The van der Waals surface area contributed by atoms with Gasteiger partial charge in [-0.25, -0.2) is 0 Å². The van der Waals surface area contributed by atoms with Crippen molar-refractivity contribution in [3.63, 3.8) is 0 Å².